The van der Waals surface area contributed by atoms with Crippen LogP contribution in [0.5, 0.6) is 0 Å². The standard InChI is InChI=1S/C9H10F2N2O4/c10-9(11,8(15)16)7(13-4-6(12)14)5-2-1-3-17-5/h1-3,7,13H,4H2,(H2,12,14)(H,15,16). The van der Waals surface area contributed by atoms with Crippen LogP contribution in [0.4, 0.5) is 8.78 Å². The van der Waals surface area contributed by atoms with Crippen LogP contribution in [0.3, 0.4) is 0 Å². The molecule has 1 amide bonds. The molecule has 1 aromatic heterocycles. The Labute approximate surface area is 94.4 Å². The van der Waals surface area contributed by atoms with Crippen molar-refractivity contribution in [3.05, 3.63) is 24.2 Å². The predicted molar refractivity (Wildman–Crippen MR) is 51.2 cm³/mol. The Hall–Kier alpha value is -1.96. The molecule has 1 heterocycles. The molecule has 0 aliphatic heterocycles. The average molecular weight is 248 g/mol. The summed E-state index contributed by atoms with van der Waals surface area (Å²) in [4.78, 5) is 21.0. The first-order valence-electron chi connectivity index (χ1n) is 4.52. The largest absolute Gasteiger partial charge is 0.477 e. The van der Waals surface area contributed by atoms with Crippen LogP contribution in [0.25, 0.3) is 0 Å². The van der Waals surface area contributed by atoms with Gasteiger partial charge in [-0.1, -0.05) is 0 Å². The van der Waals surface area contributed by atoms with Gasteiger partial charge in [-0.25, -0.2) is 4.79 Å². The van der Waals surface area contributed by atoms with Crippen LogP contribution in [-0.4, -0.2) is 29.5 Å². The Kier molecular flexibility index (Phi) is 3.79. The molecule has 0 aromatic carbocycles. The summed E-state index contributed by atoms with van der Waals surface area (Å²) in [6.07, 6.45) is 1.12. The molecule has 4 N–H and O–H groups in total. The summed E-state index contributed by atoms with van der Waals surface area (Å²) in [6, 6.07) is 0.546. The van der Waals surface area contributed by atoms with Crippen LogP contribution in [0.1, 0.15) is 11.8 Å². The lowest BCUT2D eigenvalue weighted by Crippen LogP contribution is -2.45. The minimum absolute atomic E-state index is 0.293. The fourth-order valence-corrected chi connectivity index (χ4v) is 1.19. The van der Waals surface area contributed by atoms with Crippen molar-refractivity contribution in [2.24, 2.45) is 5.73 Å². The lowest BCUT2D eigenvalue weighted by Gasteiger charge is -2.22. The van der Waals surface area contributed by atoms with Crippen molar-refractivity contribution in [2.75, 3.05) is 6.54 Å². The van der Waals surface area contributed by atoms with E-state index in [1.807, 2.05) is 5.32 Å². The maximum atomic E-state index is 13.4. The van der Waals surface area contributed by atoms with Crippen molar-refractivity contribution in [1.82, 2.24) is 5.32 Å². The third kappa shape index (κ3) is 3.00. The quantitative estimate of drug-likeness (QED) is 0.662. The van der Waals surface area contributed by atoms with E-state index in [9.17, 15) is 18.4 Å². The SMILES string of the molecule is NC(=O)CNC(c1ccco1)C(F)(F)C(=O)O. The number of nitrogens with one attached hydrogen (secondary N) is 1. The molecular formula is C9H10F2N2O4. The van der Waals surface area contributed by atoms with Gasteiger partial charge in [-0.15, -0.1) is 0 Å². The van der Waals surface area contributed by atoms with Crippen LogP contribution in [0.2, 0.25) is 0 Å². The molecule has 0 bridgehead atoms. The molecule has 1 atom stereocenters. The van der Waals surface area contributed by atoms with E-state index in [1.54, 1.807) is 0 Å². The highest BCUT2D eigenvalue weighted by Gasteiger charge is 2.49. The number of furan rings is 1. The zero-order valence-corrected chi connectivity index (χ0v) is 8.52. The third-order valence-electron chi connectivity index (χ3n) is 1.96. The maximum Gasteiger partial charge on any atom is 0.376 e. The van der Waals surface area contributed by atoms with Gasteiger partial charge >= 0.3 is 11.9 Å². The monoisotopic (exact) mass is 248 g/mol. The van der Waals surface area contributed by atoms with Gasteiger partial charge in [-0.05, 0) is 12.1 Å². The second-order valence-corrected chi connectivity index (χ2v) is 3.22. The number of carbonyl (C=O) groups is 2. The van der Waals surface area contributed by atoms with Crippen LogP contribution in [0, 0.1) is 0 Å². The molecule has 1 unspecified atom stereocenters. The van der Waals surface area contributed by atoms with Gasteiger partial charge in [-0.3, -0.25) is 10.1 Å². The summed E-state index contributed by atoms with van der Waals surface area (Å²) in [7, 11) is 0. The van der Waals surface area contributed by atoms with Crippen LogP contribution < -0.4 is 11.1 Å². The second-order valence-electron chi connectivity index (χ2n) is 3.22. The van der Waals surface area contributed by atoms with Gasteiger partial charge in [0.15, 0.2) is 0 Å². The first-order valence-corrected chi connectivity index (χ1v) is 4.52. The minimum atomic E-state index is -4.12. The zero-order chi connectivity index (χ0) is 13.1. The molecule has 0 aliphatic carbocycles. The number of aliphatic carboxylic acids is 1. The van der Waals surface area contributed by atoms with Gasteiger partial charge < -0.3 is 15.3 Å². The summed E-state index contributed by atoms with van der Waals surface area (Å²) in [5.74, 6) is -7.62. The molecule has 17 heavy (non-hydrogen) atoms. The number of halogens is 2. The van der Waals surface area contributed by atoms with Gasteiger partial charge in [0, 0.05) is 0 Å². The third-order valence-corrected chi connectivity index (χ3v) is 1.96. The first-order chi connectivity index (χ1) is 7.85. The highest BCUT2D eigenvalue weighted by Crippen LogP contribution is 2.31. The molecule has 0 saturated heterocycles. The number of alkyl halides is 2. The van der Waals surface area contributed by atoms with E-state index in [0.717, 1.165) is 6.26 Å². The summed E-state index contributed by atoms with van der Waals surface area (Å²) in [6.45, 7) is -0.589. The first kappa shape index (κ1) is 13.1. The highest BCUT2D eigenvalue weighted by atomic mass is 19.3. The average Bonchev–Trinajstić information content (AvgIpc) is 2.70. The highest BCUT2D eigenvalue weighted by molar-refractivity contribution is 5.78. The van der Waals surface area contributed by atoms with E-state index in [1.165, 1.54) is 12.1 Å². The van der Waals surface area contributed by atoms with Crippen molar-refractivity contribution in [2.45, 2.75) is 12.0 Å². The van der Waals surface area contributed by atoms with Crippen LogP contribution in [0.15, 0.2) is 22.8 Å². The van der Waals surface area contributed by atoms with Gasteiger partial charge in [0.2, 0.25) is 5.91 Å². The Morgan fingerprint density at radius 2 is 2.24 bits per heavy atom. The van der Waals surface area contributed by atoms with Crippen molar-refractivity contribution in [3.8, 4) is 0 Å². The van der Waals surface area contributed by atoms with E-state index in [0.29, 0.717) is 0 Å². The number of carbonyl (C=O) groups excluding carboxylic acids is 1. The van der Waals surface area contributed by atoms with Crippen LogP contribution >= 0.6 is 0 Å². The lowest BCUT2D eigenvalue weighted by atomic mass is 10.1. The Morgan fingerprint density at radius 3 is 2.65 bits per heavy atom. The lowest BCUT2D eigenvalue weighted by molar-refractivity contribution is -0.170. The molecule has 94 valence electrons. The fourth-order valence-electron chi connectivity index (χ4n) is 1.19. The molecule has 0 saturated carbocycles. The van der Waals surface area contributed by atoms with Gasteiger partial charge in [-0.2, -0.15) is 8.78 Å². The van der Waals surface area contributed by atoms with E-state index in [4.69, 9.17) is 15.3 Å². The normalized spacial score (nSPS) is 13.3. The fraction of sp³-hybridized carbons (Fsp3) is 0.333. The number of carboxylic acids is 1. The predicted octanol–water partition coefficient (Wildman–Crippen LogP) is 0.115. The summed E-state index contributed by atoms with van der Waals surface area (Å²) in [5, 5.41) is 10.5. The molecule has 8 heteroatoms. The van der Waals surface area contributed by atoms with Crippen molar-refractivity contribution in [1.29, 1.82) is 0 Å². The summed E-state index contributed by atoms with van der Waals surface area (Å²) in [5.41, 5.74) is 4.79. The molecule has 6 nitrogen and oxygen atoms in total. The van der Waals surface area contributed by atoms with Crippen molar-refractivity contribution in [3.63, 3.8) is 0 Å². The Bertz CT molecular complexity index is 405. The van der Waals surface area contributed by atoms with Gasteiger partial charge in [0.1, 0.15) is 11.8 Å². The number of rotatable bonds is 6. The molecule has 0 radical (unpaired) electrons. The van der Waals surface area contributed by atoms with E-state index in [2.05, 4.69) is 0 Å². The number of amides is 1. The molecule has 1 aromatic rings. The topological polar surface area (TPSA) is 106 Å². The van der Waals surface area contributed by atoms with Crippen molar-refractivity contribution < 1.29 is 27.9 Å². The molecular weight excluding hydrogens is 238 g/mol. The maximum absolute atomic E-state index is 13.4. The summed E-state index contributed by atoms with van der Waals surface area (Å²) < 4.78 is 31.4. The number of primary amides is 1. The Balaban J connectivity index is 2.94. The van der Waals surface area contributed by atoms with E-state index >= 15 is 0 Å². The number of nitrogens with two attached hydrogens (primary N) is 1. The van der Waals surface area contributed by atoms with Crippen LogP contribution in [-0.2, 0) is 9.59 Å². The number of hydrogen-bond donors (Lipinski definition) is 3. The number of carboxylic acid groups (broad SMARTS) is 1. The molecule has 0 spiro atoms. The molecule has 0 aliphatic rings. The zero-order valence-electron chi connectivity index (χ0n) is 8.52. The van der Waals surface area contributed by atoms with E-state index in [-0.39, 0.29) is 5.76 Å². The molecule has 1 rings (SSSR count). The molecule has 0 fully saturated rings. The summed E-state index contributed by atoms with van der Waals surface area (Å²) >= 11 is 0. The van der Waals surface area contributed by atoms with E-state index < -0.39 is 30.4 Å². The smallest absolute Gasteiger partial charge is 0.376 e. The Morgan fingerprint density at radius 1 is 1.59 bits per heavy atom. The number of hydrogen-bond acceptors (Lipinski definition) is 4. The van der Waals surface area contributed by atoms with Gasteiger partial charge in [0.05, 0.1) is 12.8 Å². The van der Waals surface area contributed by atoms with Crippen molar-refractivity contribution >= 4 is 11.9 Å². The van der Waals surface area contributed by atoms with Gasteiger partial charge in [0.25, 0.3) is 0 Å². The second kappa shape index (κ2) is 4.91. The minimum Gasteiger partial charge on any atom is -0.477 e.